The molecule has 0 saturated carbocycles. The number of hydrogen-bond acceptors (Lipinski definition) is 3. The molecule has 124 valence electrons. The lowest BCUT2D eigenvalue weighted by molar-refractivity contribution is 0.0192. The van der Waals surface area contributed by atoms with Gasteiger partial charge in [0, 0.05) is 25.2 Å². The average molecular weight is 296 g/mol. The lowest BCUT2D eigenvalue weighted by atomic mass is 9.81. The zero-order valence-electron chi connectivity index (χ0n) is 15.0. The van der Waals surface area contributed by atoms with E-state index in [1.54, 1.807) is 0 Å². The van der Waals surface area contributed by atoms with Crippen molar-refractivity contribution in [3.05, 3.63) is 0 Å². The first-order valence-electron chi connectivity index (χ1n) is 9.10. The summed E-state index contributed by atoms with van der Waals surface area (Å²) in [6, 6.07) is 1.44. The lowest BCUT2D eigenvalue weighted by Gasteiger charge is -2.48. The van der Waals surface area contributed by atoms with E-state index in [0.717, 1.165) is 18.5 Å². The number of fused-ring (bicyclic) bond motifs is 1. The van der Waals surface area contributed by atoms with Crippen molar-refractivity contribution in [2.75, 3.05) is 39.8 Å². The minimum Gasteiger partial charge on any atom is -0.314 e. The van der Waals surface area contributed by atoms with Gasteiger partial charge in [0.2, 0.25) is 0 Å². The Morgan fingerprint density at radius 3 is 2.71 bits per heavy atom. The van der Waals surface area contributed by atoms with Crippen molar-refractivity contribution in [3.63, 3.8) is 0 Å². The van der Waals surface area contributed by atoms with Gasteiger partial charge in [-0.3, -0.25) is 0 Å². The predicted molar refractivity (Wildman–Crippen MR) is 91.7 cm³/mol. The highest BCUT2D eigenvalue weighted by atomic mass is 15.2. The van der Waals surface area contributed by atoms with Gasteiger partial charge in [0.05, 0.1) is 0 Å². The van der Waals surface area contributed by atoms with Crippen LogP contribution in [0.1, 0.15) is 53.4 Å². The highest BCUT2D eigenvalue weighted by molar-refractivity contribution is 4.92. The molecule has 0 spiro atoms. The molecule has 2 aliphatic rings. The van der Waals surface area contributed by atoms with Crippen molar-refractivity contribution < 1.29 is 0 Å². The van der Waals surface area contributed by atoms with Crippen molar-refractivity contribution in [3.8, 4) is 0 Å². The molecule has 0 amide bonds. The smallest absolute Gasteiger partial charge is 0.0145 e. The Kier molecular flexibility index (Phi) is 6.10. The molecule has 0 bridgehead atoms. The zero-order chi connectivity index (χ0) is 15.5. The van der Waals surface area contributed by atoms with Crippen LogP contribution in [-0.4, -0.2) is 61.7 Å². The molecule has 1 N–H and O–H groups in total. The van der Waals surface area contributed by atoms with Crippen LogP contribution in [0.2, 0.25) is 0 Å². The molecule has 2 aliphatic heterocycles. The van der Waals surface area contributed by atoms with E-state index in [-0.39, 0.29) is 0 Å². The third kappa shape index (κ3) is 4.43. The van der Waals surface area contributed by atoms with Gasteiger partial charge in [-0.1, -0.05) is 20.8 Å². The summed E-state index contributed by atoms with van der Waals surface area (Å²) in [5.74, 6) is 0.909. The van der Waals surface area contributed by atoms with E-state index in [4.69, 9.17) is 0 Å². The Morgan fingerprint density at radius 2 is 2.00 bits per heavy atom. The molecular weight excluding hydrogens is 258 g/mol. The molecule has 2 fully saturated rings. The molecular formula is C18H37N3. The lowest BCUT2D eigenvalue weighted by Crippen LogP contribution is -2.55. The van der Waals surface area contributed by atoms with Gasteiger partial charge in [-0.15, -0.1) is 0 Å². The van der Waals surface area contributed by atoms with Gasteiger partial charge in [0.25, 0.3) is 0 Å². The maximum atomic E-state index is 3.69. The average Bonchev–Trinajstić information content (AvgIpc) is 2.44. The van der Waals surface area contributed by atoms with Gasteiger partial charge in [-0.25, -0.2) is 0 Å². The van der Waals surface area contributed by atoms with E-state index in [2.05, 4.69) is 49.9 Å². The largest absolute Gasteiger partial charge is 0.314 e. The number of nitrogens with one attached hydrogen (secondary N) is 1. The van der Waals surface area contributed by atoms with Gasteiger partial charge in [0.1, 0.15) is 0 Å². The van der Waals surface area contributed by atoms with E-state index in [0.29, 0.717) is 11.5 Å². The van der Waals surface area contributed by atoms with Crippen LogP contribution in [0.5, 0.6) is 0 Å². The predicted octanol–water partition coefficient (Wildman–Crippen LogP) is 2.82. The van der Waals surface area contributed by atoms with Gasteiger partial charge in [-0.05, 0) is 70.6 Å². The maximum Gasteiger partial charge on any atom is 0.0145 e. The quantitative estimate of drug-likeness (QED) is 0.813. The first-order chi connectivity index (χ1) is 9.94. The number of likely N-dealkylation sites (tertiary alicyclic amines) is 2. The molecule has 2 saturated heterocycles. The van der Waals surface area contributed by atoms with Crippen LogP contribution in [0.25, 0.3) is 0 Å². The summed E-state index contributed by atoms with van der Waals surface area (Å²) < 4.78 is 0. The van der Waals surface area contributed by atoms with Crippen molar-refractivity contribution in [2.24, 2.45) is 11.3 Å². The highest BCUT2D eigenvalue weighted by Gasteiger charge is 2.36. The molecule has 3 nitrogen and oxygen atoms in total. The monoisotopic (exact) mass is 295 g/mol. The van der Waals surface area contributed by atoms with E-state index >= 15 is 0 Å². The van der Waals surface area contributed by atoms with E-state index < -0.39 is 0 Å². The molecule has 2 rings (SSSR count). The Bertz CT molecular complexity index is 316. The topological polar surface area (TPSA) is 18.5 Å². The molecule has 0 aliphatic carbocycles. The second-order valence-corrected chi connectivity index (χ2v) is 8.14. The summed E-state index contributed by atoms with van der Waals surface area (Å²) in [5.41, 5.74) is 0.350. The van der Waals surface area contributed by atoms with Crippen molar-refractivity contribution in [2.45, 2.75) is 65.5 Å². The third-order valence-corrected chi connectivity index (χ3v) is 5.93. The summed E-state index contributed by atoms with van der Waals surface area (Å²) >= 11 is 0. The first kappa shape index (κ1) is 17.2. The fraction of sp³-hybridized carbons (Fsp3) is 1.00. The minimum atomic E-state index is 0.350. The van der Waals surface area contributed by atoms with E-state index in [1.807, 2.05) is 0 Å². The number of rotatable bonds is 6. The molecule has 2 heterocycles. The molecule has 3 heteroatoms. The molecule has 0 radical (unpaired) electrons. The maximum absolute atomic E-state index is 3.69. The highest BCUT2D eigenvalue weighted by Crippen LogP contribution is 2.31. The second-order valence-electron chi connectivity index (χ2n) is 8.14. The van der Waals surface area contributed by atoms with Gasteiger partial charge >= 0.3 is 0 Å². The van der Waals surface area contributed by atoms with E-state index in [1.165, 1.54) is 51.9 Å². The fourth-order valence-corrected chi connectivity index (χ4v) is 4.22. The Morgan fingerprint density at radius 1 is 1.24 bits per heavy atom. The Hall–Kier alpha value is -0.120. The molecule has 3 unspecified atom stereocenters. The van der Waals surface area contributed by atoms with Gasteiger partial charge < -0.3 is 15.1 Å². The van der Waals surface area contributed by atoms with E-state index in [9.17, 15) is 0 Å². The van der Waals surface area contributed by atoms with Crippen LogP contribution in [0.15, 0.2) is 0 Å². The Balaban J connectivity index is 1.85. The zero-order valence-corrected chi connectivity index (χ0v) is 15.0. The van der Waals surface area contributed by atoms with Gasteiger partial charge in [0.15, 0.2) is 0 Å². The minimum absolute atomic E-state index is 0.350. The Labute approximate surface area is 132 Å². The summed E-state index contributed by atoms with van der Waals surface area (Å²) in [6.45, 7) is 15.8. The standard InChI is InChI=1S/C18H37N3/c1-6-10-19-15(2)18(3,4)14-21-12-9-17-16(13-21)8-7-11-20(17)5/h15-17,19H,6-14H2,1-5H3. The van der Waals surface area contributed by atoms with Crippen LogP contribution in [0.3, 0.4) is 0 Å². The number of piperidine rings is 2. The summed E-state index contributed by atoms with van der Waals surface area (Å²) in [4.78, 5) is 5.35. The third-order valence-electron chi connectivity index (χ3n) is 5.93. The van der Waals surface area contributed by atoms with Crippen LogP contribution in [0, 0.1) is 11.3 Å². The number of hydrogen-bond donors (Lipinski definition) is 1. The normalized spacial score (nSPS) is 30.1. The van der Waals surface area contributed by atoms with Crippen LogP contribution >= 0.6 is 0 Å². The number of nitrogens with zero attached hydrogens (tertiary/aromatic N) is 2. The summed E-state index contributed by atoms with van der Waals surface area (Å²) in [5, 5.41) is 3.69. The van der Waals surface area contributed by atoms with Crippen LogP contribution < -0.4 is 5.32 Å². The SMILES string of the molecule is CCCNC(C)C(C)(C)CN1CCC2C(CCCN2C)C1. The van der Waals surface area contributed by atoms with Crippen molar-refractivity contribution >= 4 is 0 Å². The molecule has 0 aromatic carbocycles. The van der Waals surface area contributed by atoms with Crippen LogP contribution in [-0.2, 0) is 0 Å². The summed E-state index contributed by atoms with van der Waals surface area (Å²) in [7, 11) is 2.33. The molecule has 3 atom stereocenters. The van der Waals surface area contributed by atoms with Crippen LogP contribution in [0.4, 0.5) is 0 Å². The van der Waals surface area contributed by atoms with Crippen molar-refractivity contribution in [1.82, 2.24) is 15.1 Å². The molecule has 0 aromatic rings. The molecule has 21 heavy (non-hydrogen) atoms. The first-order valence-corrected chi connectivity index (χ1v) is 9.10. The molecule has 0 aromatic heterocycles. The van der Waals surface area contributed by atoms with Gasteiger partial charge in [-0.2, -0.15) is 0 Å². The second kappa shape index (κ2) is 7.43. The fourth-order valence-electron chi connectivity index (χ4n) is 4.22. The van der Waals surface area contributed by atoms with Crippen molar-refractivity contribution in [1.29, 1.82) is 0 Å². The summed E-state index contributed by atoms with van der Waals surface area (Å²) in [6.07, 6.45) is 5.42.